The Morgan fingerprint density at radius 2 is 2.12 bits per heavy atom. The second-order valence-electron chi connectivity index (χ2n) is 6.48. The third-order valence-electron chi connectivity index (χ3n) is 4.63. The fourth-order valence-corrected chi connectivity index (χ4v) is 4.42. The van der Waals surface area contributed by atoms with Gasteiger partial charge in [0.05, 0.1) is 0 Å². The molecule has 8 heteroatoms. The van der Waals surface area contributed by atoms with Crippen molar-refractivity contribution >= 4 is 10.2 Å². The van der Waals surface area contributed by atoms with Gasteiger partial charge in [0.15, 0.2) is 0 Å². The van der Waals surface area contributed by atoms with Crippen LogP contribution in [-0.4, -0.2) is 58.7 Å². The van der Waals surface area contributed by atoms with Crippen molar-refractivity contribution in [2.24, 2.45) is 0 Å². The normalized spacial score (nSPS) is 19.4. The summed E-state index contributed by atoms with van der Waals surface area (Å²) >= 11 is 0. The molecule has 2 aromatic heterocycles. The maximum absolute atomic E-state index is 12.4. The first-order valence-electron chi connectivity index (χ1n) is 8.60. The largest absolute Gasteiger partial charge is 0.288 e. The average Bonchev–Trinajstić information content (AvgIpc) is 3.10. The van der Waals surface area contributed by atoms with Crippen LogP contribution in [0, 0.1) is 0 Å². The Bertz CT molecular complexity index is 831. The lowest BCUT2D eigenvalue weighted by atomic mass is 9.95. The fraction of sp³-hybridized carbons (Fsp3) is 0.529. The zero-order valence-corrected chi connectivity index (χ0v) is 15.8. The number of aromatic nitrogens is 3. The van der Waals surface area contributed by atoms with Crippen molar-refractivity contribution in [3.05, 3.63) is 42.1 Å². The van der Waals surface area contributed by atoms with Gasteiger partial charge in [-0.25, -0.2) is 9.97 Å². The molecule has 1 aliphatic heterocycles. The van der Waals surface area contributed by atoms with E-state index in [4.69, 9.17) is 4.98 Å². The van der Waals surface area contributed by atoms with Gasteiger partial charge in [0.25, 0.3) is 10.2 Å². The van der Waals surface area contributed by atoms with E-state index >= 15 is 0 Å². The van der Waals surface area contributed by atoms with Gasteiger partial charge in [0.1, 0.15) is 11.6 Å². The van der Waals surface area contributed by atoms with E-state index in [1.165, 1.54) is 4.31 Å². The van der Waals surface area contributed by atoms with Crippen LogP contribution in [-0.2, 0) is 16.6 Å². The predicted octanol–water partition coefficient (Wildman–Crippen LogP) is 1.82. The van der Waals surface area contributed by atoms with E-state index in [-0.39, 0.29) is 5.92 Å². The lowest BCUT2D eigenvalue weighted by Gasteiger charge is -2.33. The number of pyridine rings is 1. The third-order valence-corrected chi connectivity index (χ3v) is 6.53. The Morgan fingerprint density at radius 3 is 2.84 bits per heavy atom. The summed E-state index contributed by atoms with van der Waals surface area (Å²) in [6.45, 7) is 3.10. The number of rotatable bonds is 5. The third kappa shape index (κ3) is 3.61. The van der Waals surface area contributed by atoms with Gasteiger partial charge in [-0.1, -0.05) is 13.0 Å². The van der Waals surface area contributed by atoms with Crippen LogP contribution < -0.4 is 0 Å². The standard InChI is InChI=1S/C17H25N5O2S/c1-4-16-18-10-12-22(16)17-9-5-8-15(19-17)14-7-6-11-21(13-14)25(23,24)20(2)3/h5,8-10,12,14H,4,6-7,11,13H2,1-3H3. The zero-order chi connectivity index (χ0) is 18.0. The van der Waals surface area contributed by atoms with Gasteiger partial charge in [-0.15, -0.1) is 0 Å². The number of imidazole rings is 1. The van der Waals surface area contributed by atoms with E-state index in [0.717, 1.165) is 36.6 Å². The van der Waals surface area contributed by atoms with Crippen LogP contribution in [0.5, 0.6) is 0 Å². The Labute approximate surface area is 149 Å². The molecule has 0 N–H and O–H groups in total. The summed E-state index contributed by atoms with van der Waals surface area (Å²) in [4.78, 5) is 9.14. The molecule has 7 nitrogen and oxygen atoms in total. The minimum atomic E-state index is -3.38. The van der Waals surface area contributed by atoms with Crippen molar-refractivity contribution in [2.75, 3.05) is 27.2 Å². The van der Waals surface area contributed by atoms with Crippen LogP contribution in [0.1, 0.15) is 37.2 Å². The highest BCUT2D eigenvalue weighted by Crippen LogP contribution is 2.28. The quantitative estimate of drug-likeness (QED) is 0.812. The molecular formula is C17H25N5O2S. The molecule has 0 spiro atoms. The topological polar surface area (TPSA) is 71.3 Å². The Hall–Kier alpha value is -1.77. The summed E-state index contributed by atoms with van der Waals surface area (Å²) in [5.41, 5.74) is 0.937. The van der Waals surface area contributed by atoms with Crippen LogP contribution in [0.25, 0.3) is 5.82 Å². The van der Waals surface area contributed by atoms with E-state index in [1.807, 2.05) is 29.0 Å². The van der Waals surface area contributed by atoms with E-state index < -0.39 is 10.2 Å². The van der Waals surface area contributed by atoms with E-state index in [9.17, 15) is 8.42 Å². The lowest BCUT2D eigenvalue weighted by Crippen LogP contribution is -2.45. The molecule has 0 saturated carbocycles. The summed E-state index contributed by atoms with van der Waals surface area (Å²) in [5, 5.41) is 0. The molecule has 0 aromatic carbocycles. The molecule has 25 heavy (non-hydrogen) atoms. The van der Waals surface area contributed by atoms with Gasteiger partial charge >= 0.3 is 0 Å². The molecule has 1 unspecified atom stereocenters. The molecule has 0 bridgehead atoms. The van der Waals surface area contributed by atoms with Gasteiger partial charge in [-0.2, -0.15) is 17.0 Å². The molecule has 3 rings (SSSR count). The van der Waals surface area contributed by atoms with E-state index in [2.05, 4.69) is 11.9 Å². The van der Waals surface area contributed by atoms with E-state index in [0.29, 0.717) is 13.1 Å². The number of piperidine rings is 1. The molecular weight excluding hydrogens is 338 g/mol. The monoisotopic (exact) mass is 363 g/mol. The minimum absolute atomic E-state index is 0.108. The molecule has 0 aliphatic carbocycles. The molecule has 0 radical (unpaired) electrons. The Morgan fingerprint density at radius 1 is 1.32 bits per heavy atom. The number of hydrogen-bond donors (Lipinski definition) is 0. The van der Waals surface area contributed by atoms with Crippen LogP contribution in [0.15, 0.2) is 30.6 Å². The SMILES string of the molecule is CCc1nccn1-c1cccc(C2CCCN(S(=O)(=O)N(C)C)C2)n1. The van der Waals surface area contributed by atoms with Gasteiger partial charge in [0, 0.05) is 57.6 Å². The van der Waals surface area contributed by atoms with Crippen LogP contribution in [0.3, 0.4) is 0 Å². The number of nitrogens with zero attached hydrogens (tertiary/aromatic N) is 5. The lowest BCUT2D eigenvalue weighted by molar-refractivity contribution is 0.296. The summed E-state index contributed by atoms with van der Waals surface area (Å²) in [5.74, 6) is 1.90. The minimum Gasteiger partial charge on any atom is -0.288 e. The van der Waals surface area contributed by atoms with Gasteiger partial charge in [-0.3, -0.25) is 4.57 Å². The maximum Gasteiger partial charge on any atom is 0.281 e. The van der Waals surface area contributed by atoms with Crippen molar-refractivity contribution in [1.29, 1.82) is 0 Å². The predicted molar refractivity (Wildman–Crippen MR) is 96.9 cm³/mol. The zero-order valence-electron chi connectivity index (χ0n) is 15.0. The molecule has 0 amide bonds. The highest BCUT2D eigenvalue weighted by molar-refractivity contribution is 7.86. The maximum atomic E-state index is 12.4. The molecule has 2 aromatic rings. The van der Waals surface area contributed by atoms with Crippen molar-refractivity contribution in [2.45, 2.75) is 32.1 Å². The fourth-order valence-electron chi connectivity index (χ4n) is 3.23. The average molecular weight is 363 g/mol. The highest BCUT2D eigenvalue weighted by atomic mass is 32.2. The molecule has 1 saturated heterocycles. The Balaban J connectivity index is 1.86. The van der Waals surface area contributed by atoms with Crippen molar-refractivity contribution < 1.29 is 8.42 Å². The highest BCUT2D eigenvalue weighted by Gasteiger charge is 2.31. The molecule has 1 aliphatic rings. The summed E-state index contributed by atoms with van der Waals surface area (Å²) < 4.78 is 29.7. The first-order valence-corrected chi connectivity index (χ1v) is 10.00. The number of aryl methyl sites for hydroxylation is 1. The summed E-state index contributed by atoms with van der Waals surface area (Å²) in [6, 6.07) is 5.93. The van der Waals surface area contributed by atoms with Crippen LogP contribution in [0.4, 0.5) is 0 Å². The summed E-state index contributed by atoms with van der Waals surface area (Å²) in [6.07, 6.45) is 6.31. The van der Waals surface area contributed by atoms with Gasteiger partial charge < -0.3 is 0 Å². The van der Waals surface area contributed by atoms with Gasteiger partial charge in [0.2, 0.25) is 0 Å². The molecule has 3 heterocycles. The van der Waals surface area contributed by atoms with Crippen molar-refractivity contribution in [3.63, 3.8) is 0 Å². The smallest absolute Gasteiger partial charge is 0.281 e. The Kier molecular flexibility index (Phi) is 5.21. The first kappa shape index (κ1) is 18.0. The molecule has 136 valence electrons. The van der Waals surface area contributed by atoms with Crippen molar-refractivity contribution in [3.8, 4) is 5.82 Å². The van der Waals surface area contributed by atoms with E-state index in [1.54, 1.807) is 24.6 Å². The van der Waals surface area contributed by atoms with Gasteiger partial charge in [-0.05, 0) is 25.0 Å². The van der Waals surface area contributed by atoms with Crippen LogP contribution in [0.2, 0.25) is 0 Å². The second-order valence-corrected chi connectivity index (χ2v) is 8.62. The second kappa shape index (κ2) is 7.23. The van der Waals surface area contributed by atoms with Crippen LogP contribution >= 0.6 is 0 Å². The first-order chi connectivity index (χ1) is 11.9. The number of hydrogen-bond acceptors (Lipinski definition) is 4. The molecule has 1 fully saturated rings. The molecule has 1 atom stereocenters. The van der Waals surface area contributed by atoms with Crippen molar-refractivity contribution in [1.82, 2.24) is 23.1 Å². The summed E-state index contributed by atoms with van der Waals surface area (Å²) in [7, 11) is -0.236.